The molecule has 0 N–H and O–H groups in total. The quantitative estimate of drug-likeness (QED) is 0.496. The zero-order valence-corrected chi connectivity index (χ0v) is 15.4. The lowest BCUT2D eigenvalue weighted by atomic mass is 9.77. The van der Waals surface area contributed by atoms with Gasteiger partial charge in [-0.25, -0.2) is 17.6 Å². The minimum atomic E-state index is -0.780. The summed E-state index contributed by atoms with van der Waals surface area (Å²) in [6.45, 7) is 1.86. The summed E-state index contributed by atoms with van der Waals surface area (Å²) in [4.78, 5) is 0. The van der Waals surface area contributed by atoms with Crippen molar-refractivity contribution in [3.8, 4) is 5.75 Å². The first-order chi connectivity index (χ1) is 13.0. The van der Waals surface area contributed by atoms with Crippen LogP contribution in [0, 0.1) is 29.2 Å². The number of ether oxygens (including phenoxy) is 1. The monoisotopic (exact) mass is 380 g/mol. The molecule has 0 spiro atoms. The number of hydrogen-bond donors (Lipinski definition) is 0. The van der Waals surface area contributed by atoms with Crippen LogP contribution in [0.1, 0.15) is 62.5 Å². The molecule has 1 aliphatic rings. The topological polar surface area (TPSA) is 9.23 Å². The van der Waals surface area contributed by atoms with E-state index in [4.69, 9.17) is 4.74 Å². The summed E-state index contributed by atoms with van der Waals surface area (Å²) in [5.41, 5.74) is 0.828. The van der Waals surface area contributed by atoms with Gasteiger partial charge in [-0.15, -0.1) is 0 Å². The predicted molar refractivity (Wildman–Crippen MR) is 96.7 cm³/mol. The van der Waals surface area contributed by atoms with E-state index in [0.717, 1.165) is 49.8 Å². The largest absolute Gasteiger partial charge is 0.483 e. The minimum Gasteiger partial charge on any atom is -0.483 e. The van der Waals surface area contributed by atoms with Crippen LogP contribution < -0.4 is 4.74 Å². The normalized spacial score (nSPS) is 19.9. The fourth-order valence-electron chi connectivity index (χ4n) is 4.00. The van der Waals surface area contributed by atoms with Crippen LogP contribution >= 0.6 is 0 Å². The zero-order chi connectivity index (χ0) is 19.4. The average molecular weight is 380 g/mol. The lowest BCUT2D eigenvalue weighted by Gasteiger charge is -2.28. The second-order valence-corrected chi connectivity index (χ2v) is 7.39. The zero-order valence-electron chi connectivity index (χ0n) is 15.4. The van der Waals surface area contributed by atoms with Crippen LogP contribution in [0.4, 0.5) is 17.6 Å². The smallest absolute Gasteiger partial charge is 0.191 e. The molecule has 0 heterocycles. The van der Waals surface area contributed by atoms with Gasteiger partial charge < -0.3 is 4.74 Å². The Balaban J connectivity index is 1.68. The van der Waals surface area contributed by atoms with E-state index in [1.165, 1.54) is 25.0 Å². The maximum Gasteiger partial charge on any atom is 0.191 e. The fraction of sp³-hybridized carbons (Fsp3) is 0.455. The van der Waals surface area contributed by atoms with E-state index in [0.29, 0.717) is 5.56 Å². The third-order valence-electron chi connectivity index (χ3n) is 5.34. The highest BCUT2D eigenvalue weighted by atomic mass is 19.1. The van der Waals surface area contributed by atoms with Crippen LogP contribution in [0.25, 0.3) is 0 Å². The van der Waals surface area contributed by atoms with Gasteiger partial charge in [0.1, 0.15) is 18.2 Å². The molecule has 0 bridgehead atoms. The van der Waals surface area contributed by atoms with Gasteiger partial charge in [0.25, 0.3) is 0 Å². The summed E-state index contributed by atoms with van der Waals surface area (Å²) in [5.74, 6) is -2.71. The molecule has 0 aliphatic heterocycles. The molecule has 1 saturated carbocycles. The molecule has 2 aromatic carbocycles. The van der Waals surface area contributed by atoms with Crippen molar-refractivity contribution in [3.05, 3.63) is 64.7 Å². The van der Waals surface area contributed by atoms with Crippen molar-refractivity contribution in [2.24, 2.45) is 5.92 Å². The Labute approximate surface area is 157 Å². The number of halogens is 4. The Morgan fingerprint density at radius 3 is 2.00 bits per heavy atom. The van der Waals surface area contributed by atoms with Gasteiger partial charge in [-0.3, -0.25) is 0 Å². The summed E-state index contributed by atoms with van der Waals surface area (Å²) >= 11 is 0. The lowest BCUT2D eigenvalue weighted by molar-refractivity contribution is 0.271. The Morgan fingerprint density at radius 1 is 0.852 bits per heavy atom. The molecular weight excluding hydrogens is 356 g/mol. The van der Waals surface area contributed by atoms with Crippen molar-refractivity contribution in [3.63, 3.8) is 0 Å². The first-order valence-corrected chi connectivity index (χ1v) is 9.53. The third kappa shape index (κ3) is 5.02. The van der Waals surface area contributed by atoms with Gasteiger partial charge in [0.05, 0.1) is 0 Å². The van der Waals surface area contributed by atoms with Crippen molar-refractivity contribution >= 4 is 0 Å². The average Bonchev–Trinajstić information content (AvgIpc) is 2.61. The van der Waals surface area contributed by atoms with E-state index in [-0.39, 0.29) is 18.1 Å². The molecule has 27 heavy (non-hydrogen) atoms. The fourth-order valence-corrected chi connectivity index (χ4v) is 4.00. The Morgan fingerprint density at radius 2 is 1.44 bits per heavy atom. The second-order valence-electron chi connectivity index (χ2n) is 7.39. The molecule has 3 rings (SSSR count). The summed E-state index contributed by atoms with van der Waals surface area (Å²) < 4.78 is 60.4. The second kappa shape index (κ2) is 8.77. The highest BCUT2D eigenvalue weighted by Gasteiger charge is 2.24. The van der Waals surface area contributed by atoms with Gasteiger partial charge in [-0.1, -0.05) is 19.8 Å². The molecule has 0 atom stereocenters. The van der Waals surface area contributed by atoms with E-state index in [2.05, 4.69) is 6.92 Å². The van der Waals surface area contributed by atoms with Gasteiger partial charge in [-0.2, -0.15) is 0 Å². The summed E-state index contributed by atoms with van der Waals surface area (Å²) in [6.07, 6.45) is 6.43. The summed E-state index contributed by atoms with van der Waals surface area (Å²) in [7, 11) is 0. The number of benzene rings is 2. The number of rotatable bonds is 6. The standard InChI is InChI=1S/C22H24F4O/c1-2-3-14-4-6-16(7-5-14)17-10-20(25)22(21(26)11-17)27-13-15-8-18(23)12-19(24)9-15/h8-12,14,16H,2-7,13H2,1H3. The SMILES string of the molecule is CCCC1CCC(c2cc(F)c(OCc3cc(F)cc(F)c3)c(F)c2)CC1. The third-order valence-corrected chi connectivity index (χ3v) is 5.34. The van der Waals surface area contributed by atoms with Gasteiger partial charge in [-0.05, 0) is 72.9 Å². The molecule has 2 aromatic rings. The lowest BCUT2D eigenvalue weighted by Crippen LogP contribution is -2.14. The molecule has 146 valence electrons. The Kier molecular flexibility index (Phi) is 6.40. The van der Waals surface area contributed by atoms with Crippen LogP contribution in [-0.4, -0.2) is 0 Å². The van der Waals surface area contributed by atoms with E-state index in [1.54, 1.807) is 0 Å². The van der Waals surface area contributed by atoms with Crippen molar-refractivity contribution < 1.29 is 22.3 Å². The van der Waals surface area contributed by atoms with E-state index in [1.807, 2.05) is 0 Å². The molecular formula is C22H24F4O. The first kappa shape index (κ1) is 19.7. The summed E-state index contributed by atoms with van der Waals surface area (Å²) in [6, 6.07) is 5.53. The predicted octanol–water partition coefficient (Wildman–Crippen LogP) is 6.90. The van der Waals surface area contributed by atoms with E-state index >= 15 is 0 Å². The maximum absolute atomic E-state index is 14.4. The van der Waals surface area contributed by atoms with Crippen LogP contribution in [-0.2, 0) is 6.61 Å². The molecule has 1 fully saturated rings. The molecule has 0 amide bonds. The van der Waals surface area contributed by atoms with Crippen molar-refractivity contribution in [2.75, 3.05) is 0 Å². The molecule has 1 aliphatic carbocycles. The van der Waals surface area contributed by atoms with Gasteiger partial charge in [0.15, 0.2) is 17.4 Å². The van der Waals surface area contributed by atoms with E-state index in [9.17, 15) is 17.6 Å². The number of hydrogen-bond acceptors (Lipinski definition) is 1. The maximum atomic E-state index is 14.4. The molecule has 1 nitrogen and oxygen atoms in total. The van der Waals surface area contributed by atoms with Gasteiger partial charge in [0, 0.05) is 6.07 Å². The Bertz CT molecular complexity index is 739. The van der Waals surface area contributed by atoms with Gasteiger partial charge in [0.2, 0.25) is 0 Å². The Hall–Kier alpha value is -2.04. The van der Waals surface area contributed by atoms with Crippen LogP contribution in [0.3, 0.4) is 0 Å². The van der Waals surface area contributed by atoms with Gasteiger partial charge >= 0.3 is 0 Å². The highest BCUT2D eigenvalue weighted by Crippen LogP contribution is 2.39. The molecule has 0 aromatic heterocycles. The molecule has 0 unspecified atom stereocenters. The van der Waals surface area contributed by atoms with E-state index < -0.39 is 29.0 Å². The van der Waals surface area contributed by atoms with Crippen LogP contribution in [0.5, 0.6) is 5.75 Å². The first-order valence-electron chi connectivity index (χ1n) is 9.53. The minimum absolute atomic E-state index is 0.161. The summed E-state index contributed by atoms with van der Waals surface area (Å²) in [5, 5.41) is 0. The van der Waals surface area contributed by atoms with Crippen molar-refractivity contribution in [2.45, 2.75) is 58.0 Å². The van der Waals surface area contributed by atoms with Crippen LogP contribution in [0.2, 0.25) is 0 Å². The van der Waals surface area contributed by atoms with Crippen molar-refractivity contribution in [1.82, 2.24) is 0 Å². The molecule has 0 radical (unpaired) electrons. The van der Waals surface area contributed by atoms with Crippen LogP contribution in [0.15, 0.2) is 30.3 Å². The molecule has 5 heteroatoms. The highest BCUT2D eigenvalue weighted by molar-refractivity contribution is 5.33. The van der Waals surface area contributed by atoms with Crippen molar-refractivity contribution in [1.29, 1.82) is 0 Å². The molecule has 0 saturated heterocycles.